The second kappa shape index (κ2) is 7.14. The van der Waals surface area contributed by atoms with Crippen LogP contribution in [0.4, 0.5) is 5.69 Å². The molecule has 2 rings (SSSR count). The van der Waals surface area contributed by atoms with Gasteiger partial charge in [0.05, 0.1) is 0 Å². The smallest absolute Gasteiger partial charge is 0.227 e. The van der Waals surface area contributed by atoms with E-state index >= 15 is 0 Å². The van der Waals surface area contributed by atoms with Crippen LogP contribution in [0.3, 0.4) is 0 Å². The normalized spacial score (nSPS) is 16.1. The first-order chi connectivity index (χ1) is 9.29. The maximum Gasteiger partial charge on any atom is 0.227 e. The lowest BCUT2D eigenvalue weighted by atomic mass is 9.88. The maximum absolute atomic E-state index is 12.1. The van der Waals surface area contributed by atoms with Crippen LogP contribution in [-0.2, 0) is 4.79 Å². The van der Waals surface area contributed by atoms with Crippen molar-refractivity contribution in [2.75, 3.05) is 18.5 Å². The molecule has 0 radical (unpaired) electrons. The number of carbonyl (C=O) groups excluding carboxylic acids is 1. The molecule has 1 fully saturated rings. The molecule has 1 saturated carbocycles. The Labute approximate surface area is 114 Å². The Bertz CT molecular complexity index is 414. The van der Waals surface area contributed by atoms with E-state index in [0.29, 0.717) is 13.2 Å². The van der Waals surface area contributed by atoms with Gasteiger partial charge in [-0.25, -0.2) is 0 Å². The van der Waals surface area contributed by atoms with E-state index in [-0.39, 0.29) is 11.8 Å². The number of nitrogens with two attached hydrogens (primary N) is 1. The number of rotatable bonds is 5. The van der Waals surface area contributed by atoms with E-state index in [9.17, 15) is 4.79 Å². The van der Waals surface area contributed by atoms with Crippen LogP contribution in [-0.4, -0.2) is 19.1 Å². The van der Waals surface area contributed by atoms with Gasteiger partial charge in [0.15, 0.2) is 0 Å². The number of hydrogen-bond acceptors (Lipinski definition) is 3. The average Bonchev–Trinajstić information content (AvgIpc) is 2.46. The Kier molecular flexibility index (Phi) is 5.21. The van der Waals surface area contributed by atoms with Crippen LogP contribution < -0.4 is 15.8 Å². The zero-order valence-corrected chi connectivity index (χ0v) is 11.2. The van der Waals surface area contributed by atoms with Crippen molar-refractivity contribution in [3.8, 4) is 5.75 Å². The quantitative estimate of drug-likeness (QED) is 0.857. The summed E-state index contributed by atoms with van der Waals surface area (Å²) in [7, 11) is 0. The van der Waals surface area contributed by atoms with E-state index < -0.39 is 0 Å². The summed E-state index contributed by atoms with van der Waals surface area (Å²) in [6.07, 6.45) is 5.60. The molecule has 4 nitrogen and oxygen atoms in total. The molecule has 1 aromatic rings. The van der Waals surface area contributed by atoms with Crippen molar-refractivity contribution in [1.29, 1.82) is 0 Å². The number of amides is 1. The van der Waals surface area contributed by atoms with Gasteiger partial charge >= 0.3 is 0 Å². The van der Waals surface area contributed by atoms with Gasteiger partial charge in [0, 0.05) is 24.2 Å². The van der Waals surface area contributed by atoms with Gasteiger partial charge in [-0.3, -0.25) is 4.79 Å². The van der Waals surface area contributed by atoms with Gasteiger partial charge in [-0.15, -0.1) is 0 Å². The highest BCUT2D eigenvalue weighted by Crippen LogP contribution is 2.25. The molecular weight excluding hydrogens is 240 g/mol. The highest BCUT2D eigenvalue weighted by atomic mass is 16.5. The Morgan fingerprint density at radius 2 is 2.11 bits per heavy atom. The predicted molar refractivity (Wildman–Crippen MR) is 76.2 cm³/mol. The molecule has 3 N–H and O–H groups in total. The standard InChI is InChI=1S/C15H22N2O2/c16-9-10-19-14-8-4-7-13(11-14)17-15(18)12-5-2-1-3-6-12/h4,7-8,11-12H,1-3,5-6,9-10,16H2,(H,17,18). The predicted octanol–water partition coefficient (Wildman–Crippen LogP) is 2.54. The summed E-state index contributed by atoms with van der Waals surface area (Å²) in [6.45, 7) is 0.971. The monoisotopic (exact) mass is 262 g/mol. The van der Waals surface area contributed by atoms with Crippen molar-refractivity contribution in [2.24, 2.45) is 11.7 Å². The number of ether oxygens (including phenoxy) is 1. The fraction of sp³-hybridized carbons (Fsp3) is 0.533. The number of carbonyl (C=O) groups is 1. The van der Waals surface area contributed by atoms with E-state index in [0.717, 1.165) is 37.1 Å². The zero-order chi connectivity index (χ0) is 13.5. The van der Waals surface area contributed by atoms with Gasteiger partial charge in [0.25, 0.3) is 0 Å². The number of anilines is 1. The van der Waals surface area contributed by atoms with Crippen LogP contribution in [0.25, 0.3) is 0 Å². The van der Waals surface area contributed by atoms with Crippen LogP contribution in [0.15, 0.2) is 24.3 Å². The summed E-state index contributed by atoms with van der Waals surface area (Å²) in [5.74, 6) is 1.05. The number of benzene rings is 1. The topological polar surface area (TPSA) is 64.3 Å². The lowest BCUT2D eigenvalue weighted by Gasteiger charge is -2.20. The number of hydrogen-bond donors (Lipinski definition) is 2. The van der Waals surface area contributed by atoms with E-state index in [2.05, 4.69) is 5.32 Å². The van der Waals surface area contributed by atoms with E-state index in [1.165, 1.54) is 6.42 Å². The van der Waals surface area contributed by atoms with Gasteiger partial charge in [0.2, 0.25) is 5.91 Å². The van der Waals surface area contributed by atoms with Crippen LogP contribution in [0.1, 0.15) is 32.1 Å². The summed E-state index contributed by atoms with van der Waals surface area (Å²) in [6, 6.07) is 7.47. The molecule has 1 aromatic carbocycles. The van der Waals surface area contributed by atoms with Crippen molar-refractivity contribution in [3.05, 3.63) is 24.3 Å². The Balaban J connectivity index is 1.92. The molecule has 19 heavy (non-hydrogen) atoms. The minimum absolute atomic E-state index is 0.135. The first-order valence-corrected chi connectivity index (χ1v) is 7.03. The summed E-state index contributed by atoms with van der Waals surface area (Å²) < 4.78 is 5.45. The second-order valence-corrected chi connectivity index (χ2v) is 4.99. The molecule has 1 amide bonds. The average molecular weight is 262 g/mol. The van der Waals surface area contributed by atoms with Crippen LogP contribution >= 0.6 is 0 Å². The highest BCUT2D eigenvalue weighted by molar-refractivity contribution is 5.92. The summed E-state index contributed by atoms with van der Waals surface area (Å²) in [4.78, 5) is 12.1. The molecule has 1 aliphatic carbocycles. The first-order valence-electron chi connectivity index (χ1n) is 7.03. The first kappa shape index (κ1) is 13.9. The van der Waals surface area contributed by atoms with Gasteiger partial charge in [-0.1, -0.05) is 25.3 Å². The molecule has 0 aromatic heterocycles. The van der Waals surface area contributed by atoms with E-state index in [1.807, 2.05) is 24.3 Å². The minimum Gasteiger partial charge on any atom is -0.492 e. The molecule has 4 heteroatoms. The van der Waals surface area contributed by atoms with E-state index in [4.69, 9.17) is 10.5 Å². The zero-order valence-electron chi connectivity index (χ0n) is 11.2. The molecule has 104 valence electrons. The molecular formula is C15H22N2O2. The maximum atomic E-state index is 12.1. The lowest BCUT2D eigenvalue weighted by molar-refractivity contribution is -0.120. The molecule has 1 aliphatic rings. The summed E-state index contributed by atoms with van der Waals surface area (Å²) in [5, 5.41) is 2.98. The molecule has 0 bridgehead atoms. The van der Waals surface area contributed by atoms with Gasteiger partial charge in [0.1, 0.15) is 12.4 Å². The third-order valence-electron chi connectivity index (χ3n) is 3.46. The summed E-state index contributed by atoms with van der Waals surface area (Å²) >= 11 is 0. The van der Waals surface area contributed by atoms with Crippen molar-refractivity contribution in [2.45, 2.75) is 32.1 Å². The van der Waals surface area contributed by atoms with Crippen molar-refractivity contribution in [1.82, 2.24) is 0 Å². The molecule has 0 unspecified atom stereocenters. The molecule has 0 saturated heterocycles. The van der Waals surface area contributed by atoms with Crippen molar-refractivity contribution >= 4 is 11.6 Å². The van der Waals surface area contributed by atoms with E-state index in [1.54, 1.807) is 0 Å². The Morgan fingerprint density at radius 1 is 1.32 bits per heavy atom. The molecule has 0 aliphatic heterocycles. The van der Waals surface area contributed by atoms with Crippen LogP contribution in [0.5, 0.6) is 5.75 Å². The Morgan fingerprint density at radius 3 is 2.84 bits per heavy atom. The number of nitrogens with one attached hydrogen (secondary N) is 1. The Hall–Kier alpha value is -1.55. The fourth-order valence-corrected chi connectivity index (χ4v) is 2.45. The second-order valence-electron chi connectivity index (χ2n) is 4.99. The largest absolute Gasteiger partial charge is 0.492 e. The van der Waals surface area contributed by atoms with Crippen molar-refractivity contribution in [3.63, 3.8) is 0 Å². The highest BCUT2D eigenvalue weighted by Gasteiger charge is 2.20. The van der Waals surface area contributed by atoms with Crippen LogP contribution in [0, 0.1) is 5.92 Å². The van der Waals surface area contributed by atoms with Gasteiger partial charge in [-0.05, 0) is 25.0 Å². The fourth-order valence-electron chi connectivity index (χ4n) is 2.45. The molecule has 0 spiro atoms. The SMILES string of the molecule is NCCOc1cccc(NC(=O)C2CCCCC2)c1. The van der Waals surface area contributed by atoms with Crippen LogP contribution in [0.2, 0.25) is 0 Å². The third-order valence-corrected chi connectivity index (χ3v) is 3.46. The van der Waals surface area contributed by atoms with Crippen molar-refractivity contribution < 1.29 is 9.53 Å². The lowest BCUT2D eigenvalue weighted by Crippen LogP contribution is -2.24. The van der Waals surface area contributed by atoms with Gasteiger partial charge in [-0.2, -0.15) is 0 Å². The third kappa shape index (κ3) is 4.24. The molecule has 0 atom stereocenters. The van der Waals surface area contributed by atoms with Gasteiger partial charge < -0.3 is 15.8 Å². The molecule has 0 heterocycles. The minimum atomic E-state index is 0.135. The summed E-state index contributed by atoms with van der Waals surface area (Å²) in [5.41, 5.74) is 6.19.